The summed E-state index contributed by atoms with van der Waals surface area (Å²) in [5.74, 6) is 0. The molecule has 102 valence electrons. The number of alkyl halides is 3. The Bertz CT molecular complexity index is 346. The highest BCUT2D eigenvalue weighted by molar-refractivity contribution is 5.18. The second kappa shape index (κ2) is 6.73. The molecule has 0 amide bonds. The Kier molecular flexibility index (Phi) is 5.59. The first-order valence-corrected chi connectivity index (χ1v) is 6.24. The van der Waals surface area contributed by atoms with Crippen LogP contribution in [0.25, 0.3) is 0 Å². The molecule has 0 aliphatic heterocycles. The van der Waals surface area contributed by atoms with Gasteiger partial charge >= 0.3 is 6.18 Å². The van der Waals surface area contributed by atoms with Crippen LogP contribution >= 0.6 is 0 Å². The number of rotatable bonds is 6. The molecular formula is C13H19F3N2. The number of unbranched alkanes of at least 4 members (excludes halogenated alkanes) is 3. The Morgan fingerprint density at radius 1 is 1.22 bits per heavy atom. The largest absolute Gasteiger partial charge is 0.417 e. The SMILES string of the molecule is CCCCCCC(N)c1ccc(C(F)(F)F)cn1. The zero-order valence-corrected chi connectivity index (χ0v) is 10.5. The van der Waals surface area contributed by atoms with Gasteiger partial charge in [0.15, 0.2) is 0 Å². The first kappa shape index (κ1) is 15.0. The summed E-state index contributed by atoms with van der Waals surface area (Å²) in [6.45, 7) is 2.12. The van der Waals surface area contributed by atoms with Gasteiger partial charge in [0.25, 0.3) is 0 Å². The molecule has 1 heterocycles. The quantitative estimate of drug-likeness (QED) is 0.783. The lowest BCUT2D eigenvalue weighted by Gasteiger charge is -2.12. The Balaban J connectivity index is 2.51. The van der Waals surface area contributed by atoms with Crippen LogP contribution in [-0.2, 0) is 6.18 Å². The summed E-state index contributed by atoms with van der Waals surface area (Å²) in [5, 5.41) is 0. The van der Waals surface area contributed by atoms with E-state index in [9.17, 15) is 13.2 Å². The summed E-state index contributed by atoms with van der Waals surface area (Å²) in [6, 6.07) is 2.13. The number of nitrogens with two attached hydrogens (primary N) is 1. The lowest BCUT2D eigenvalue weighted by Crippen LogP contribution is -2.13. The number of halogens is 3. The van der Waals surface area contributed by atoms with Gasteiger partial charge < -0.3 is 5.73 Å². The van der Waals surface area contributed by atoms with E-state index >= 15 is 0 Å². The lowest BCUT2D eigenvalue weighted by atomic mass is 10.0. The second-order valence-corrected chi connectivity index (χ2v) is 4.43. The fourth-order valence-corrected chi connectivity index (χ4v) is 1.73. The van der Waals surface area contributed by atoms with Crippen LogP contribution in [0.1, 0.15) is 56.3 Å². The number of hydrogen-bond donors (Lipinski definition) is 1. The van der Waals surface area contributed by atoms with E-state index in [0.29, 0.717) is 5.69 Å². The zero-order chi connectivity index (χ0) is 13.6. The van der Waals surface area contributed by atoms with Crippen molar-refractivity contribution in [2.24, 2.45) is 5.73 Å². The number of hydrogen-bond acceptors (Lipinski definition) is 2. The Hall–Kier alpha value is -1.10. The molecule has 2 N–H and O–H groups in total. The van der Waals surface area contributed by atoms with Crippen molar-refractivity contribution in [3.8, 4) is 0 Å². The molecule has 0 fully saturated rings. The molecule has 0 aliphatic carbocycles. The van der Waals surface area contributed by atoms with E-state index in [1.165, 1.54) is 6.07 Å². The van der Waals surface area contributed by atoms with Crippen molar-refractivity contribution >= 4 is 0 Å². The third-order valence-corrected chi connectivity index (χ3v) is 2.86. The standard InChI is InChI=1S/C13H19F3N2/c1-2-3-4-5-6-11(17)12-8-7-10(9-18-12)13(14,15)16/h7-9,11H,2-6,17H2,1H3. The van der Waals surface area contributed by atoms with Crippen LogP contribution in [0.2, 0.25) is 0 Å². The first-order chi connectivity index (χ1) is 8.45. The van der Waals surface area contributed by atoms with Gasteiger partial charge in [0.1, 0.15) is 0 Å². The molecule has 0 spiro atoms. The molecule has 18 heavy (non-hydrogen) atoms. The van der Waals surface area contributed by atoms with Crippen molar-refractivity contribution < 1.29 is 13.2 Å². The summed E-state index contributed by atoms with van der Waals surface area (Å²) in [6.07, 6.45) is 1.67. The molecule has 1 aromatic heterocycles. The minimum absolute atomic E-state index is 0.274. The average Bonchev–Trinajstić information content (AvgIpc) is 2.33. The highest BCUT2D eigenvalue weighted by atomic mass is 19.4. The highest BCUT2D eigenvalue weighted by Crippen LogP contribution is 2.29. The van der Waals surface area contributed by atoms with Gasteiger partial charge in [0, 0.05) is 12.2 Å². The van der Waals surface area contributed by atoms with E-state index in [-0.39, 0.29) is 6.04 Å². The first-order valence-electron chi connectivity index (χ1n) is 6.24. The molecule has 0 aliphatic rings. The van der Waals surface area contributed by atoms with Crippen molar-refractivity contribution in [1.82, 2.24) is 4.98 Å². The van der Waals surface area contributed by atoms with E-state index < -0.39 is 11.7 Å². The minimum atomic E-state index is -4.34. The number of nitrogens with zero attached hydrogens (tertiary/aromatic N) is 1. The maximum Gasteiger partial charge on any atom is 0.417 e. The summed E-state index contributed by atoms with van der Waals surface area (Å²) >= 11 is 0. The highest BCUT2D eigenvalue weighted by Gasteiger charge is 2.30. The summed E-state index contributed by atoms with van der Waals surface area (Å²) in [4.78, 5) is 3.80. The van der Waals surface area contributed by atoms with Crippen molar-refractivity contribution in [2.75, 3.05) is 0 Å². The monoisotopic (exact) mass is 260 g/mol. The molecule has 0 saturated carbocycles. The van der Waals surface area contributed by atoms with Gasteiger partial charge in [-0.3, -0.25) is 4.98 Å². The summed E-state index contributed by atoms with van der Waals surface area (Å²) in [7, 11) is 0. The minimum Gasteiger partial charge on any atom is -0.323 e. The van der Waals surface area contributed by atoms with E-state index in [1.807, 2.05) is 0 Å². The van der Waals surface area contributed by atoms with Crippen LogP contribution in [0.15, 0.2) is 18.3 Å². The maximum absolute atomic E-state index is 12.3. The molecule has 0 aromatic carbocycles. The van der Waals surface area contributed by atoms with Crippen LogP contribution in [0.3, 0.4) is 0 Å². The Morgan fingerprint density at radius 3 is 2.44 bits per heavy atom. The van der Waals surface area contributed by atoms with Crippen LogP contribution in [0, 0.1) is 0 Å². The van der Waals surface area contributed by atoms with Crippen LogP contribution in [-0.4, -0.2) is 4.98 Å². The Labute approximate surface area is 105 Å². The fourth-order valence-electron chi connectivity index (χ4n) is 1.73. The average molecular weight is 260 g/mol. The second-order valence-electron chi connectivity index (χ2n) is 4.43. The van der Waals surface area contributed by atoms with Gasteiger partial charge in [-0.1, -0.05) is 32.6 Å². The number of aromatic nitrogens is 1. The molecule has 0 radical (unpaired) electrons. The summed E-state index contributed by atoms with van der Waals surface area (Å²) in [5.41, 5.74) is 5.69. The van der Waals surface area contributed by atoms with E-state index in [2.05, 4.69) is 11.9 Å². The summed E-state index contributed by atoms with van der Waals surface area (Å²) < 4.78 is 37.0. The van der Waals surface area contributed by atoms with Gasteiger partial charge in [-0.25, -0.2) is 0 Å². The Morgan fingerprint density at radius 2 is 1.94 bits per heavy atom. The van der Waals surface area contributed by atoms with Gasteiger partial charge in [-0.15, -0.1) is 0 Å². The predicted octanol–water partition coefficient (Wildman–Crippen LogP) is 4.07. The molecule has 5 heteroatoms. The lowest BCUT2D eigenvalue weighted by molar-refractivity contribution is -0.137. The van der Waals surface area contributed by atoms with E-state index in [0.717, 1.165) is 44.4 Å². The van der Waals surface area contributed by atoms with Gasteiger partial charge in [0.05, 0.1) is 11.3 Å². The molecule has 2 nitrogen and oxygen atoms in total. The van der Waals surface area contributed by atoms with Gasteiger partial charge in [-0.05, 0) is 18.6 Å². The molecule has 0 bridgehead atoms. The van der Waals surface area contributed by atoms with E-state index in [4.69, 9.17) is 5.73 Å². The van der Waals surface area contributed by atoms with E-state index in [1.54, 1.807) is 0 Å². The van der Waals surface area contributed by atoms with Crippen molar-refractivity contribution in [3.05, 3.63) is 29.6 Å². The maximum atomic E-state index is 12.3. The van der Waals surface area contributed by atoms with Gasteiger partial charge in [0.2, 0.25) is 0 Å². The molecular weight excluding hydrogens is 241 g/mol. The molecule has 1 atom stereocenters. The molecule has 1 unspecified atom stereocenters. The topological polar surface area (TPSA) is 38.9 Å². The number of pyridine rings is 1. The van der Waals surface area contributed by atoms with Gasteiger partial charge in [-0.2, -0.15) is 13.2 Å². The smallest absolute Gasteiger partial charge is 0.323 e. The molecule has 1 aromatic rings. The van der Waals surface area contributed by atoms with Crippen LogP contribution in [0.4, 0.5) is 13.2 Å². The predicted molar refractivity (Wildman–Crippen MR) is 64.9 cm³/mol. The van der Waals surface area contributed by atoms with Crippen molar-refractivity contribution in [2.45, 2.75) is 51.2 Å². The molecule has 1 rings (SSSR count). The van der Waals surface area contributed by atoms with Crippen LogP contribution < -0.4 is 5.73 Å². The normalized spacial score (nSPS) is 13.6. The third-order valence-electron chi connectivity index (χ3n) is 2.86. The van der Waals surface area contributed by atoms with Crippen molar-refractivity contribution in [1.29, 1.82) is 0 Å². The fraction of sp³-hybridized carbons (Fsp3) is 0.615. The molecule has 0 saturated heterocycles. The third kappa shape index (κ3) is 4.64. The zero-order valence-electron chi connectivity index (χ0n) is 10.5. The van der Waals surface area contributed by atoms with Crippen LogP contribution in [0.5, 0.6) is 0 Å². The van der Waals surface area contributed by atoms with Crippen molar-refractivity contribution in [3.63, 3.8) is 0 Å².